The fourth-order valence-electron chi connectivity index (χ4n) is 1.72. The summed E-state index contributed by atoms with van der Waals surface area (Å²) < 4.78 is 1.11. The van der Waals surface area contributed by atoms with Crippen LogP contribution in [0.15, 0.2) is 39.5 Å². The molecule has 0 aliphatic carbocycles. The summed E-state index contributed by atoms with van der Waals surface area (Å²) in [6.07, 6.45) is -0.430. The summed E-state index contributed by atoms with van der Waals surface area (Å²) in [6.45, 7) is 3.39. The minimum atomic E-state index is -0.430. The van der Waals surface area contributed by atoms with Crippen molar-refractivity contribution in [3.8, 4) is 0 Å². The van der Waals surface area contributed by atoms with Crippen molar-refractivity contribution < 1.29 is 5.11 Å². The molecule has 1 unspecified atom stereocenters. The summed E-state index contributed by atoms with van der Waals surface area (Å²) >= 11 is 5.16. The maximum atomic E-state index is 9.93. The van der Waals surface area contributed by atoms with Crippen LogP contribution in [0.3, 0.4) is 0 Å². The summed E-state index contributed by atoms with van der Waals surface area (Å²) in [7, 11) is 0. The molecular weight excluding hydrogens is 310 g/mol. The van der Waals surface area contributed by atoms with Gasteiger partial charge in [-0.2, -0.15) is 11.3 Å². The number of nitrogens with one attached hydrogen (secondary N) is 1. The zero-order valence-corrected chi connectivity index (χ0v) is 12.6. The molecule has 0 radical (unpaired) electrons. The minimum absolute atomic E-state index is 0.430. The Bertz CT molecular complexity index is 499. The highest BCUT2D eigenvalue weighted by atomic mass is 79.9. The van der Waals surface area contributed by atoms with Crippen molar-refractivity contribution in [2.24, 2.45) is 0 Å². The Labute approximate surface area is 120 Å². The van der Waals surface area contributed by atoms with E-state index in [2.05, 4.69) is 46.4 Å². The molecule has 18 heavy (non-hydrogen) atoms. The van der Waals surface area contributed by atoms with E-state index < -0.39 is 6.10 Å². The van der Waals surface area contributed by atoms with Crippen molar-refractivity contribution in [2.45, 2.75) is 19.6 Å². The molecule has 96 valence electrons. The average molecular weight is 326 g/mol. The third-order valence-corrected chi connectivity index (χ3v) is 4.23. The first kappa shape index (κ1) is 13.7. The van der Waals surface area contributed by atoms with Crippen molar-refractivity contribution >= 4 is 27.3 Å². The van der Waals surface area contributed by atoms with Crippen molar-refractivity contribution in [1.29, 1.82) is 0 Å². The highest BCUT2D eigenvalue weighted by molar-refractivity contribution is 9.10. The number of hydrogen-bond acceptors (Lipinski definition) is 3. The van der Waals surface area contributed by atoms with Gasteiger partial charge >= 0.3 is 0 Å². The third-order valence-electron chi connectivity index (χ3n) is 2.79. The number of hydrogen-bond donors (Lipinski definition) is 2. The van der Waals surface area contributed by atoms with E-state index in [1.165, 1.54) is 11.1 Å². The van der Waals surface area contributed by atoms with E-state index in [0.717, 1.165) is 16.6 Å². The van der Waals surface area contributed by atoms with Crippen molar-refractivity contribution in [3.05, 3.63) is 56.2 Å². The van der Waals surface area contributed by atoms with Gasteiger partial charge in [0.25, 0.3) is 0 Å². The summed E-state index contributed by atoms with van der Waals surface area (Å²) in [6, 6.07) is 8.26. The fraction of sp³-hybridized carbons (Fsp3) is 0.286. The molecule has 2 nitrogen and oxygen atoms in total. The fourth-order valence-corrected chi connectivity index (χ4v) is 3.06. The van der Waals surface area contributed by atoms with E-state index in [4.69, 9.17) is 0 Å². The Morgan fingerprint density at radius 1 is 1.39 bits per heavy atom. The topological polar surface area (TPSA) is 32.3 Å². The first-order valence-electron chi connectivity index (χ1n) is 5.82. The average Bonchev–Trinajstić information content (AvgIpc) is 2.85. The Morgan fingerprint density at radius 2 is 2.22 bits per heavy atom. The Hall–Kier alpha value is -0.680. The molecule has 0 aliphatic rings. The van der Waals surface area contributed by atoms with Gasteiger partial charge in [-0.1, -0.05) is 28.1 Å². The van der Waals surface area contributed by atoms with E-state index in [9.17, 15) is 5.11 Å². The monoisotopic (exact) mass is 325 g/mol. The van der Waals surface area contributed by atoms with Crippen LogP contribution in [0.25, 0.3) is 0 Å². The van der Waals surface area contributed by atoms with Gasteiger partial charge in [0.15, 0.2) is 0 Å². The SMILES string of the molecule is Cc1ccc(CNCC(O)c2ccsc2)c(Br)c1. The molecule has 0 saturated carbocycles. The molecule has 2 aromatic rings. The molecule has 0 bridgehead atoms. The quantitative estimate of drug-likeness (QED) is 0.879. The Kier molecular flexibility index (Phi) is 4.95. The van der Waals surface area contributed by atoms with Gasteiger partial charge in [-0.15, -0.1) is 0 Å². The van der Waals surface area contributed by atoms with Crippen LogP contribution in [0.4, 0.5) is 0 Å². The predicted octanol–water partition coefficient (Wildman–Crippen LogP) is 3.64. The van der Waals surface area contributed by atoms with E-state index in [-0.39, 0.29) is 0 Å². The molecule has 2 N–H and O–H groups in total. The van der Waals surface area contributed by atoms with Gasteiger partial charge in [0.2, 0.25) is 0 Å². The van der Waals surface area contributed by atoms with Crippen LogP contribution >= 0.6 is 27.3 Å². The summed E-state index contributed by atoms with van der Waals surface area (Å²) in [5.41, 5.74) is 3.43. The van der Waals surface area contributed by atoms with Crippen molar-refractivity contribution in [1.82, 2.24) is 5.32 Å². The molecule has 0 aliphatic heterocycles. The minimum Gasteiger partial charge on any atom is -0.387 e. The number of halogens is 1. The molecule has 1 aromatic heterocycles. The largest absolute Gasteiger partial charge is 0.387 e. The van der Waals surface area contributed by atoms with Gasteiger partial charge in [0.05, 0.1) is 6.10 Å². The maximum Gasteiger partial charge on any atom is 0.0922 e. The molecule has 0 fully saturated rings. The molecule has 0 saturated heterocycles. The number of aryl methyl sites for hydroxylation is 1. The first-order chi connectivity index (χ1) is 8.66. The molecule has 2 rings (SSSR count). The molecule has 0 spiro atoms. The van der Waals surface area contributed by atoms with Crippen molar-refractivity contribution in [3.63, 3.8) is 0 Å². The number of benzene rings is 1. The van der Waals surface area contributed by atoms with Gasteiger partial charge in [0, 0.05) is 17.6 Å². The molecule has 1 aromatic carbocycles. The van der Waals surface area contributed by atoms with E-state index >= 15 is 0 Å². The van der Waals surface area contributed by atoms with Crippen LogP contribution < -0.4 is 5.32 Å². The second-order valence-electron chi connectivity index (χ2n) is 4.30. The van der Waals surface area contributed by atoms with Crippen molar-refractivity contribution in [2.75, 3.05) is 6.54 Å². The van der Waals surface area contributed by atoms with Gasteiger partial charge in [-0.25, -0.2) is 0 Å². The molecular formula is C14H16BrNOS. The predicted molar refractivity (Wildman–Crippen MR) is 79.9 cm³/mol. The Balaban J connectivity index is 1.85. The second kappa shape index (κ2) is 6.48. The lowest BCUT2D eigenvalue weighted by molar-refractivity contribution is 0.175. The van der Waals surface area contributed by atoms with Gasteiger partial charge in [0.1, 0.15) is 0 Å². The number of aliphatic hydroxyl groups excluding tert-OH is 1. The molecule has 1 heterocycles. The van der Waals surface area contributed by atoms with Gasteiger partial charge < -0.3 is 10.4 Å². The Morgan fingerprint density at radius 3 is 2.89 bits per heavy atom. The zero-order chi connectivity index (χ0) is 13.0. The van der Waals surface area contributed by atoms with E-state index in [0.29, 0.717) is 6.54 Å². The molecule has 4 heteroatoms. The highest BCUT2D eigenvalue weighted by Gasteiger charge is 2.07. The first-order valence-corrected chi connectivity index (χ1v) is 7.56. The van der Waals surface area contributed by atoms with E-state index in [1.54, 1.807) is 11.3 Å². The normalized spacial score (nSPS) is 12.6. The summed E-state index contributed by atoms with van der Waals surface area (Å²) in [5.74, 6) is 0. The highest BCUT2D eigenvalue weighted by Crippen LogP contribution is 2.19. The molecule has 1 atom stereocenters. The maximum absolute atomic E-state index is 9.93. The standard InChI is InChI=1S/C14H16BrNOS/c1-10-2-3-11(13(15)6-10)7-16-8-14(17)12-4-5-18-9-12/h2-6,9,14,16-17H,7-8H2,1H3. The van der Waals surface area contributed by atoms with Gasteiger partial charge in [-0.05, 0) is 46.5 Å². The van der Waals surface area contributed by atoms with Crippen LogP contribution in [0.1, 0.15) is 22.8 Å². The lowest BCUT2D eigenvalue weighted by atomic mass is 10.1. The second-order valence-corrected chi connectivity index (χ2v) is 5.93. The number of rotatable bonds is 5. The zero-order valence-electron chi connectivity index (χ0n) is 10.2. The van der Waals surface area contributed by atoms with Crippen LogP contribution in [-0.2, 0) is 6.54 Å². The lowest BCUT2D eigenvalue weighted by Gasteiger charge is -2.11. The van der Waals surface area contributed by atoms with Crippen LogP contribution in [-0.4, -0.2) is 11.7 Å². The van der Waals surface area contributed by atoms with E-state index in [1.807, 2.05) is 16.8 Å². The number of aliphatic hydroxyl groups is 1. The smallest absolute Gasteiger partial charge is 0.0922 e. The third kappa shape index (κ3) is 3.65. The lowest BCUT2D eigenvalue weighted by Crippen LogP contribution is -2.20. The molecule has 0 amide bonds. The van der Waals surface area contributed by atoms with Crippen LogP contribution in [0.5, 0.6) is 0 Å². The van der Waals surface area contributed by atoms with Crippen LogP contribution in [0, 0.1) is 6.92 Å². The number of thiophene rings is 1. The summed E-state index contributed by atoms with van der Waals surface area (Å²) in [5, 5.41) is 17.2. The van der Waals surface area contributed by atoms with Crippen LogP contribution in [0.2, 0.25) is 0 Å². The van der Waals surface area contributed by atoms with Gasteiger partial charge in [-0.3, -0.25) is 0 Å². The summed E-state index contributed by atoms with van der Waals surface area (Å²) in [4.78, 5) is 0.